The summed E-state index contributed by atoms with van der Waals surface area (Å²) < 4.78 is 14.0. The lowest BCUT2D eigenvalue weighted by atomic mass is 9.34. The van der Waals surface area contributed by atoms with Crippen LogP contribution < -0.4 is 0 Å². The van der Waals surface area contributed by atoms with Gasteiger partial charge in [0.25, 0.3) is 0 Å². The third-order valence-corrected chi connectivity index (χ3v) is 23.9. The first-order valence-corrected chi connectivity index (χ1v) is 23.8. The highest BCUT2D eigenvalue weighted by Gasteiger charge is 2.85. The average Bonchev–Trinajstić information content (AvgIpc) is 3.23. The summed E-state index contributed by atoms with van der Waals surface area (Å²) in [5.41, 5.74) is 3.54. The summed E-state index contributed by atoms with van der Waals surface area (Å²) in [7, 11) is 3.94. The highest BCUT2D eigenvalue weighted by atomic mass is 16.5. The third kappa shape index (κ3) is 4.76. The van der Waals surface area contributed by atoms with E-state index in [2.05, 4.69) is 231 Å². The van der Waals surface area contributed by atoms with Crippen molar-refractivity contribution in [3.05, 3.63) is 33.4 Å². The van der Waals surface area contributed by atoms with Gasteiger partial charge in [-0.15, -0.1) is 0 Å². The van der Waals surface area contributed by atoms with Crippen molar-refractivity contribution in [3.8, 4) is 0 Å². The first-order chi connectivity index (χ1) is 26.0. The molecule has 0 spiro atoms. The minimum atomic E-state index is -0.609. The van der Waals surface area contributed by atoms with Crippen LogP contribution in [0.5, 0.6) is 0 Å². The molecule has 0 aromatic heterocycles. The summed E-state index contributed by atoms with van der Waals surface area (Å²) in [6.45, 7) is 81.4. The van der Waals surface area contributed by atoms with Crippen LogP contribution in [0.15, 0.2) is 0 Å². The Bertz CT molecular complexity index is 1880. The Hall–Kier alpha value is -0.940. The lowest BCUT2D eigenvalue weighted by Gasteiger charge is -2.87. The van der Waals surface area contributed by atoms with Gasteiger partial charge in [-0.1, -0.05) is 96.9 Å². The van der Waals surface area contributed by atoms with Crippen LogP contribution in [0.1, 0.15) is 227 Å². The van der Waals surface area contributed by atoms with Gasteiger partial charge in [-0.2, -0.15) is 0 Å². The molecule has 348 valence electrons. The average molecular weight is 835 g/mol. The Morgan fingerprint density at radius 1 is 0.433 bits per heavy atom. The van der Waals surface area contributed by atoms with E-state index in [0.29, 0.717) is 0 Å². The molecule has 0 amide bonds. The van der Waals surface area contributed by atoms with Gasteiger partial charge in [-0.05, 0) is 174 Å². The molecule has 0 saturated carbocycles. The van der Waals surface area contributed by atoms with Gasteiger partial charge in [-0.25, -0.2) is 0 Å². The van der Waals surface area contributed by atoms with E-state index < -0.39 is 22.2 Å². The van der Waals surface area contributed by atoms with Crippen molar-refractivity contribution in [1.82, 2.24) is 9.80 Å². The summed E-state index contributed by atoms with van der Waals surface area (Å²) >= 11 is 0. The summed E-state index contributed by atoms with van der Waals surface area (Å²) in [6, 6.07) is 0. The Labute approximate surface area is 374 Å². The van der Waals surface area contributed by atoms with Crippen molar-refractivity contribution >= 4 is 0 Å². The maximum atomic E-state index is 7.30. The lowest BCUT2D eigenvalue weighted by molar-refractivity contribution is -0.384. The molecule has 2 aliphatic heterocycles. The van der Waals surface area contributed by atoms with Crippen molar-refractivity contribution in [2.24, 2.45) is 37.9 Å². The smallest absolute Gasteiger partial charge is 0.0991 e. The number of fused-ring (bicyclic) bond motifs is 1. The maximum Gasteiger partial charge on any atom is 0.0991 e. The SMILES string of the molecule is COC(C)(C)C1(C)C(C)(C)N(C2(C)C(C)(C)C(C)(C)N(C(C)(C)C3(C(C)(C)C)C(C)(C)c4c(C)c(C)c(C)c(C)c4C3(C)OC)C(C)(C)C2(C)C)C(C)(C)C(C)(C)C1(C)C. The maximum absolute atomic E-state index is 7.30. The molecule has 4 heteroatoms. The highest BCUT2D eigenvalue weighted by molar-refractivity contribution is 5.62. The number of ether oxygens (including phenoxy) is 2. The van der Waals surface area contributed by atoms with Crippen molar-refractivity contribution < 1.29 is 9.47 Å². The molecule has 1 aliphatic carbocycles. The fraction of sp³-hybridized carbons (Fsp3) is 0.893. The molecule has 60 heavy (non-hydrogen) atoms. The Balaban J connectivity index is 2.28. The molecule has 3 unspecified atom stereocenters. The second kappa shape index (κ2) is 12.9. The standard InChI is InChI=1S/C56H102N2O2/c1-35-36(2)38(4)40-39(37(35)3)42(8,9)56(41(5,6)7,53(40,30)60-34)51(26,27)57-48(20,21)45(14,15)55(32,46(16,17)49(57,22)23)58-47(18,19)43(10,11)44(12,13)54(31,50(58,24)25)52(28,29)59-33/h1-34H3. The van der Waals surface area contributed by atoms with Gasteiger partial charge >= 0.3 is 0 Å². The minimum absolute atomic E-state index is 0.110. The quantitative estimate of drug-likeness (QED) is 0.285. The van der Waals surface area contributed by atoms with Crippen molar-refractivity contribution in [2.45, 2.75) is 271 Å². The van der Waals surface area contributed by atoms with Crippen LogP contribution in [0.4, 0.5) is 0 Å². The van der Waals surface area contributed by atoms with Gasteiger partial charge in [0, 0.05) is 74.5 Å². The zero-order chi connectivity index (χ0) is 48.0. The van der Waals surface area contributed by atoms with E-state index in [9.17, 15) is 0 Å². The molecule has 2 heterocycles. The van der Waals surface area contributed by atoms with Crippen LogP contribution in [0.25, 0.3) is 0 Å². The third-order valence-electron chi connectivity index (χ3n) is 23.9. The van der Waals surface area contributed by atoms with E-state index in [1.54, 1.807) is 0 Å². The van der Waals surface area contributed by atoms with Crippen LogP contribution in [-0.2, 0) is 20.5 Å². The number of benzene rings is 1. The molecule has 3 atom stereocenters. The summed E-state index contributed by atoms with van der Waals surface area (Å²) in [4.78, 5) is 6.17. The Morgan fingerprint density at radius 3 is 1.13 bits per heavy atom. The van der Waals surface area contributed by atoms with Crippen LogP contribution in [-0.4, -0.2) is 62.9 Å². The first-order valence-electron chi connectivity index (χ1n) is 23.8. The van der Waals surface area contributed by atoms with Crippen LogP contribution in [0.3, 0.4) is 0 Å². The number of hydrogen-bond donors (Lipinski definition) is 0. The predicted molar refractivity (Wildman–Crippen MR) is 261 cm³/mol. The molecule has 0 N–H and O–H groups in total. The summed E-state index contributed by atoms with van der Waals surface area (Å²) in [5, 5.41) is 0. The van der Waals surface area contributed by atoms with Gasteiger partial charge in [0.05, 0.1) is 11.2 Å². The van der Waals surface area contributed by atoms with E-state index in [0.717, 1.165) is 0 Å². The fourth-order valence-corrected chi connectivity index (χ4v) is 19.4. The number of rotatable bonds is 6. The van der Waals surface area contributed by atoms with Crippen LogP contribution in [0.2, 0.25) is 0 Å². The number of hydrogen-bond acceptors (Lipinski definition) is 4. The van der Waals surface area contributed by atoms with Crippen molar-refractivity contribution in [2.75, 3.05) is 14.2 Å². The van der Waals surface area contributed by atoms with Gasteiger partial charge < -0.3 is 9.47 Å². The highest BCUT2D eigenvalue weighted by Crippen LogP contribution is 2.80. The normalized spacial score (nSPS) is 33.7. The van der Waals surface area contributed by atoms with Crippen molar-refractivity contribution in [3.63, 3.8) is 0 Å². The zero-order valence-corrected chi connectivity index (χ0v) is 46.7. The Morgan fingerprint density at radius 2 is 0.800 bits per heavy atom. The van der Waals surface area contributed by atoms with Crippen molar-refractivity contribution in [1.29, 1.82) is 0 Å². The topological polar surface area (TPSA) is 24.9 Å². The lowest BCUT2D eigenvalue weighted by Crippen LogP contribution is -2.94. The monoisotopic (exact) mass is 835 g/mol. The molecule has 4 rings (SSSR count). The fourth-order valence-electron chi connectivity index (χ4n) is 19.4. The first kappa shape index (κ1) is 51.7. The molecule has 0 radical (unpaired) electrons. The van der Waals surface area contributed by atoms with Gasteiger partial charge in [0.1, 0.15) is 0 Å². The molecule has 2 fully saturated rings. The summed E-state index contributed by atoms with van der Waals surface area (Å²) in [6.07, 6.45) is 0. The van der Waals surface area contributed by atoms with E-state index >= 15 is 0 Å². The summed E-state index contributed by atoms with van der Waals surface area (Å²) in [5.74, 6) is 0. The van der Waals surface area contributed by atoms with Gasteiger partial charge in [0.15, 0.2) is 0 Å². The molecular formula is C56H102N2O2. The van der Waals surface area contributed by atoms with E-state index in [1.807, 2.05) is 14.2 Å². The second-order valence-corrected chi connectivity index (χ2v) is 28.0. The predicted octanol–water partition coefficient (Wildman–Crippen LogP) is 14.9. The second-order valence-electron chi connectivity index (χ2n) is 28.0. The molecule has 1 aromatic carbocycles. The number of methoxy groups -OCH3 is 2. The zero-order valence-electron chi connectivity index (χ0n) is 46.7. The number of piperidine rings is 2. The largest absolute Gasteiger partial charge is 0.378 e. The van der Waals surface area contributed by atoms with Crippen LogP contribution in [0, 0.1) is 65.6 Å². The number of nitrogens with zero attached hydrogens (tertiary/aromatic N) is 2. The van der Waals surface area contributed by atoms with E-state index in [1.165, 1.54) is 33.4 Å². The minimum Gasteiger partial charge on any atom is -0.378 e. The number of likely N-dealkylation sites (tertiary alicyclic amines) is 2. The van der Waals surface area contributed by atoms with Gasteiger partial charge in [-0.3, -0.25) is 9.80 Å². The molecule has 2 saturated heterocycles. The molecule has 1 aromatic rings. The molecule has 0 bridgehead atoms. The van der Waals surface area contributed by atoms with Gasteiger partial charge in [0.2, 0.25) is 0 Å². The molecule has 3 aliphatic rings. The van der Waals surface area contributed by atoms with E-state index in [4.69, 9.17) is 9.47 Å². The molecular weight excluding hydrogens is 733 g/mol. The van der Waals surface area contributed by atoms with Crippen LogP contribution >= 0.6 is 0 Å². The Kier molecular flexibility index (Phi) is 11.1. The molecule has 4 nitrogen and oxygen atoms in total. The van der Waals surface area contributed by atoms with E-state index in [-0.39, 0.29) is 65.6 Å².